The Labute approximate surface area is 152 Å². The number of alkyl carbamates (subject to hydrolysis) is 1. The fourth-order valence-corrected chi connectivity index (χ4v) is 3.44. The number of hydrogen-bond acceptors (Lipinski definition) is 7. The molecule has 5 atom stereocenters. The SMILES string of the molecule is COc1ccc(C[C@H]2NC[C@H](O)[C@H]2OC(=O)NC[C@@H]2CNC[C@H]2O)cc1. The van der Waals surface area contributed by atoms with Crippen molar-refractivity contribution in [3.8, 4) is 5.75 Å². The molecule has 1 amide bonds. The second-order valence-corrected chi connectivity index (χ2v) is 6.87. The molecule has 2 aliphatic heterocycles. The van der Waals surface area contributed by atoms with E-state index in [0.717, 1.165) is 11.3 Å². The van der Waals surface area contributed by atoms with Crippen LogP contribution in [0.4, 0.5) is 4.79 Å². The van der Waals surface area contributed by atoms with Crippen molar-refractivity contribution in [2.45, 2.75) is 30.8 Å². The normalized spacial score (nSPS) is 31.0. The zero-order chi connectivity index (χ0) is 18.5. The van der Waals surface area contributed by atoms with Crippen molar-refractivity contribution in [3.05, 3.63) is 29.8 Å². The van der Waals surface area contributed by atoms with Gasteiger partial charge in [-0.25, -0.2) is 4.79 Å². The lowest BCUT2D eigenvalue weighted by molar-refractivity contribution is 0.0180. The summed E-state index contributed by atoms with van der Waals surface area (Å²) in [6.07, 6.45) is -1.77. The van der Waals surface area contributed by atoms with E-state index < -0.39 is 24.4 Å². The molecule has 0 saturated carbocycles. The summed E-state index contributed by atoms with van der Waals surface area (Å²) in [5.74, 6) is 0.758. The molecule has 1 aromatic rings. The van der Waals surface area contributed by atoms with E-state index in [4.69, 9.17) is 9.47 Å². The van der Waals surface area contributed by atoms with Gasteiger partial charge in [0.2, 0.25) is 0 Å². The molecule has 0 aromatic heterocycles. The Morgan fingerprint density at radius 1 is 1.19 bits per heavy atom. The van der Waals surface area contributed by atoms with Gasteiger partial charge in [-0.15, -0.1) is 0 Å². The van der Waals surface area contributed by atoms with E-state index in [-0.39, 0.29) is 12.0 Å². The van der Waals surface area contributed by atoms with Crippen LogP contribution in [0.25, 0.3) is 0 Å². The van der Waals surface area contributed by atoms with E-state index in [9.17, 15) is 15.0 Å². The molecule has 2 aliphatic rings. The van der Waals surface area contributed by atoms with Gasteiger partial charge < -0.3 is 35.6 Å². The van der Waals surface area contributed by atoms with E-state index in [1.54, 1.807) is 7.11 Å². The molecule has 0 unspecified atom stereocenters. The van der Waals surface area contributed by atoms with Crippen molar-refractivity contribution in [1.82, 2.24) is 16.0 Å². The van der Waals surface area contributed by atoms with Crippen molar-refractivity contribution in [3.63, 3.8) is 0 Å². The standard InChI is InChI=1S/C18H27N3O5/c1-25-13-4-2-11(3-5-13)6-14-17(16(23)10-20-14)26-18(24)21-8-12-7-19-9-15(12)22/h2-5,12,14-17,19-20,22-23H,6-10H2,1H3,(H,21,24)/t12-,14+,15+,16-,17-/m0/s1. The van der Waals surface area contributed by atoms with Gasteiger partial charge in [0.05, 0.1) is 19.3 Å². The number of ether oxygens (including phenoxy) is 2. The van der Waals surface area contributed by atoms with Crippen LogP contribution < -0.4 is 20.7 Å². The maximum absolute atomic E-state index is 12.1. The summed E-state index contributed by atoms with van der Waals surface area (Å²) in [7, 11) is 1.62. The number of rotatable bonds is 6. The molecule has 0 radical (unpaired) electrons. The number of carbonyl (C=O) groups excluding carboxylic acids is 1. The Hall–Kier alpha value is -1.87. The number of methoxy groups -OCH3 is 1. The molecule has 3 rings (SSSR count). The quantitative estimate of drug-likeness (QED) is 0.451. The molecular formula is C18H27N3O5. The highest BCUT2D eigenvalue weighted by molar-refractivity contribution is 5.67. The van der Waals surface area contributed by atoms with Crippen molar-refractivity contribution >= 4 is 6.09 Å². The monoisotopic (exact) mass is 365 g/mol. The highest BCUT2D eigenvalue weighted by atomic mass is 16.6. The van der Waals surface area contributed by atoms with Crippen LogP contribution in [0.1, 0.15) is 5.56 Å². The summed E-state index contributed by atoms with van der Waals surface area (Å²) in [6.45, 7) is 1.92. The fourth-order valence-electron chi connectivity index (χ4n) is 3.44. The molecule has 0 aliphatic carbocycles. The molecule has 2 heterocycles. The van der Waals surface area contributed by atoms with Crippen LogP contribution in [-0.4, -0.2) is 73.9 Å². The van der Waals surface area contributed by atoms with Crippen molar-refractivity contribution < 1.29 is 24.5 Å². The van der Waals surface area contributed by atoms with Gasteiger partial charge in [-0.3, -0.25) is 0 Å². The van der Waals surface area contributed by atoms with E-state index in [2.05, 4.69) is 16.0 Å². The van der Waals surface area contributed by atoms with Gasteiger partial charge in [-0.1, -0.05) is 12.1 Å². The second-order valence-electron chi connectivity index (χ2n) is 6.87. The third kappa shape index (κ3) is 4.64. The average molecular weight is 365 g/mol. The van der Waals surface area contributed by atoms with Crippen LogP contribution in [0.15, 0.2) is 24.3 Å². The zero-order valence-corrected chi connectivity index (χ0v) is 14.9. The van der Waals surface area contributed by atoms with E-state index >= 15 is 0 Å². The van der Waals surface area contributed by atoms with Gasteiger partial charge in [-0.2, -0.15) is 0 Å². The molecule has 0 spiro atoms. The molecule has 8 heteroatoms. The Balaban J connectivity index is 1.51. The average Bonchev–Trinajstić information content (AvgIpc) is 3.20. The van der Waals surface area contributed by atoms with Crippen LogP contribution >= 0.6 is 0 Å². The van der Waals surface area contributed by atoms with Crippen molar-refractivity contribution in [2.24, 2.45) is 5.92 Å². The maximum Gasteiger partial charge on any atom is 0.407 e. The second kappa shape index (κ2) is 8.68. The van der Waals surface area contributed by atoms with E-state index in [1.165, 1.54) is 0 Å². The first-order valence-corrected chi connectivity index (χ1v) is 8.94. The first kappa shape index (κ1) is 18.9. The third-order valence-corrected chi connectivity index (χ3v) is 5.04. The van der Waals surface area contributed by atoms with Crippen molar-refractivity contribution in [1.29, 1.82) is 0 Å². The number of hydrogen-bond donors (Lipinski definition) is 5. The zero-order valence-electron chi connectivity index (χ0n) is 14.9. The predicted octanol–water partition coefficient (Wildman–Crippen LogP) is -0.754. The molecule has 2 fully saturated rings. The smallest absolute Gasteiger partial charge is 0.407 e. The van der Waals surface area contributed by atoms with Gasteiger partial charge in [0, 0.05) is 32.1 Å². The Kier molecular flexibility index (Phi) is 6.31. The first-order chi connectivity index (χ1) is 12.6. The van der Waals surface area contributed by atoms with Crippen molar-refractivity contribution in [2.75, 3.05) is 33.3 Å². The Morgan fingerprint density at radius 3 is 2.62 bits per heavy atom. The molecular weight excluding hydrogens is 338 g/mol. The van der Waals surface area contributed by atoms with Gasteiger partial charge in [0.15, 0.2) is 0 Å². The number of nitrogens with one attached hydrogen (secondary N) is 3. The van der Waals surface area contributed by atoms with Crippen LogP contribution in [0.2, 0.25) is 0 Å². The number of aliphatic hydroxyl groups excluding tert-OH is 2. The lowest BCUT2D eigenvalue weighted by Crippen LogP contribution is -2.43. The summed E-state index contributed by atoms with van der Waals surface area (Å²) in [5.41, 5.74) is 1.06. The van der Waals surface area contributed by atoms with Crippen LogP contribution in [0.3, 0.4) is 0 Å². The number of aliphatic hydroxyl groups is 2. The van der Waals surface area contributed by atoms with Gasteiger partial charge in [-0.05, 0) is 24.1 Å². The molecule has 1 aromatic carbocycles. The number of β-amino-alcohol motifs (C(OH)–C–C–N with tert-alkyl or cyclic N) is 2. The Morgan fingerprint density at radius 2 is 1.96 bits per heavy atom. The maximum atomic E-state index is 12.1. The summed E-state index contributed by atoms with van der Waals surface area (Å²) in [6, 6.07) is 7.50. The first-order valence-electron chi connectivity index (χ1n) is 8.94. The van der Waals surface area contributed by atoms with Crippen LogP contribution in [-0.2, 0) is 11.2 Å². The van der Waals surface area contributed by atoms with E-state index in [0.29, 0.717) is 32.6 Å². The largest absolute Gasteiger partial charge is 0.497 e. The topological polar surface area (TPSA) is 112 Å². The fraction of sp³-hybridized carbons (Fsp3) is 0.611. The molecule has 5 N–H and O–H groups in total. The minimum absolute atomic E-state index is 0.0238. The summed E-state index contributed by atoms with van der Waals surface area (Å²) in [4.78, 5) is 12.1. The Bertz CT molecular complexity index is 597. The van der Waals surface area contributed by atoms with Crippen LogP contribution in [0, 0.1) is 5.92 Å². The molecule has 0 bridgehead atoms. The van der Waals surface area contributed by atoms with E-state index in [1.807, 2.05) is 24.3 Å². The molecule has 2 saturated heterocycles. The highest BCUT2D eigenvalue weighted by Gasteiger charge is 2.38. The highest BCUT2D eigenvalue weighted by Crippen LogP contribution is 2.19. The minimum Gasteiger partial charge on any atom is -0.497 e. The number of benzene rings is 1. The third-order valence-electron chi connectivity index (χ3n) is 5.04. The summed E-state index contributed by atoms with van der Waals surface area (Å²) < 4.78 is 10.6. The summed E-state index contributed by atoms with van der Waals surface area (Å²) >= 11 is 0. The van der Waals surface area contributed by atoms with Gasteiger partial charge >= 0.3 is 6.09 Å². The minimum atomic E-state index is -0.747. The predicted molar refractivity (Wildman–Crippen MR) is 95.1 cm³/mol. The molecule has 144 valence electrons. The number of amides is 1. The molecule has 26 heavy (non-hydrogen) atoms. The van der Waals surface area contributed by atoms with Crippen LogP contribution in [0.5, 0.6) is 5.75 Å². The van der Waals surface area contributed by atoms with Gasteiger partial charge in [0.1, 0.15) is 18.0 Å². The number of carbonyl (C=O) groups is 1. The summed E-state index contributed by atoms with van der Waals surface area (Å²) in [5, 5.41) is 28.9. The lowest BCUT2D eigenvalue weighted by atomic mass is 10.0. The lowest BCUT2D eigenvalue weighted by Gasteiger charge is -2.23. The molecule has 8 nitrogen and oxygen atoms in total. The van der Waals surface area contributed by atoms with Gasteiger partial charge in [0.25, 0.3) is 0 Å².